The van der Waals surface area contributed by atoms with Crippen molar-refractivity contribution in [2.24, 2.45) is 0 Å². The maximum Gasteiger partial charge on any atom is 0.410 e. The highest BCUT2D eigenvalue weighted by molar-refractivity contribution is 5.69. The average molecular weight is 278 g/mol. The highest BCUT2D eigenvalue weighted by Gasteiger charge is 2.31. The van der Waals surface area contributed by atoms with Gasteiger partial charge < -0.3 is 15.0 Å². The van der Waals surface area contributed by atoms with Crippen molar-refractivity contribution >= 4 is 11.9 Å². The minimum Gasteiger partial charge on any atom is -0.444 e. The van der Waals surface area contributed by atoms with E-state index in [-0.39, 0.29) is 12.1 Å². The molecule has 1 aromatic rings. The molecular formula is C14H22N4O2. The number of amides is 1. The van der Waals surface area contributed by atoms with Crippen molar-refractivity contribution in [3.05, 3.63) is 18.6 Å². The molecule has 1 aromatic heterocycles. The van der Waals surface area contributed by atoms with Crippen LogP contribution in [0.4, 0.5) is 10.6 Å². The Morgan fingerprint density at radius 2 is 2.30 bits per heavy atom. The average Bonchev–Trinajstić information content (AvgIpc) is 2.84. The van der Waals surface area contributed by atoms with E-state index in [0.29, 0.717) is 6.54 Å². The standard InChI is InChI=1S/C14H22N4O2/c1-14(2,3)20-13(19)18-8-4-5-11(18)9-17-12-10-15-6-7-16-12/h6-7,10-11H,4-5,8-9H2,1-3H3,(H,16,17)/t11-/m0/s1. The minimum absolute atomic E-state index is 0.145. The van der Waals surface area contributed by atoms with E-state index < -0.39 is 5.60 Å². The van der Waals surface area contributed by atoms with Crippen LogP contribution < -0.4 is 5.32 Å². The summed E-state index contributed by atoms with van der Waals surface area (Å²) in [4.78, 5) is 22.1. The number of aromatic nitrogens is 2. The number of likely N-dealkylation sites (tertiary alicyclic amines) is 1. The molecule has 0 bridgehead atoms. The lowest BCUT2D eigenvalue weighted by Crippen LogP contribution is -2.42. The van der Waals surface area contributed by atoms with Gasteiger partial charge in [-0.05, 0) is 33.6 Å². The summed E-state index contributed by atoms with van der Waals surface area (Å²) in [5.74, 6) is 0.725. The van der Waals surface area contributed by atoms with Gasteiger partial charge >= 0.3 is 6.09 Å². The van der Waals surface area contributed by atoms with Crippen LogP contribution in [-0.2, 0) is 4.74 Å². The van der Waals surface area contributed by atoms with Crippen molar-refractivity contribution in [3.63, 3.8) is 0 Å². The van der Waals surface area contributed by atoms with Gasteiger partial charge in [0.25, 0.3) is 0 Å². The van der Waals surface area contributed by atoms with Gasteiger partial charge in [-0.15, -0.1) is 0 Å². The second kappa shape index (κ2) is 6.07. The normalized spacial score (nSPS) is 18.9. The maximum atomic E-state index is 12.1. The third-order valence-corrected chi connectivity index (χ3v) is 3.09. The Balaban J connectivity index is 1.89. The second-order valence-corrected chi connectivity index (χ2v) is 5.94. The number of nitrogens with zero attached hydrogens (tertiary/aromatic N) is 3. The van der Waals surface area contributed by atoms with E-state index in [4.69, 9.17) is 4.74 Å². The van der Waals surface area contributed by atoms with Crippen molar-refractivity contribution in [1.29, 1.82) is 0 Å². The number of rotatable bonds is 3. The third-order valence-electron chi connectivity index (χ3n) is 3.09. The molecule has 0 radical (unpaired) electrons. The molecule has 0 unspecified atom stereocenters. The summed E-state index contributed by atoms with van der Waals surface area (Å²) in [6.07, 6.45) is 6.70. The lowest BCUT2D eigenvalue weighted by molar-refractivity contribution is 0.0235. The Hall–Kier alpha value is -1.85. The molecule has 1 aliphatic heterocycles. The predicted molar refractivity (Wildman–Crippen MR) is 76.5 cm³/mol. The van der Waals surface area contributed by atoms with Crippen LogP contribution in [0, 0.1) is 0 Å². The molecule has 1 amide bonds. The van der Waals surface area contributed by atoms with Crippen molar-refractivity contribution in [2.75, 3.05) is 18.4 Å². The van der Waals surface area contributed by atoms with Crippen molar-refractivity contribution in [3.8, 4) is 0 Å². The van der Waals surface area contributed by atoms with E-state index >= 15 is 0 Å². The van der Waals surface area contributed by atoms with Gasteiger partial charge in [0.15, 0.2) is 0 Å². The predicted octanol–water partition coefficient (Wildman–Crippen LogP) is 2.29. The fourth-order valence-electron chi connectivity index (χ4n) is 2.22. The monoisotopic (exact) mass is 278 g/mol. The highest BCUT2D eigenvalue weighted by Crippen LogP contribution is 2.21. The second-order valence-electron chi connectivity index (χ2n) is 5.94. The number of ether oxygens (including phenoxy) is 1. The Morgan fingerprint density at radius 1 is 1.50 bits per heavy atom. The zero-order chi connectivity index (χ0) is 14.6. The molecule has 1 atom stereocenters. The summed E-state index contributed by atoms with van der Waals surface area (Å²) in [6.45, 7) is 7.06. The molecule has 0 saturated carbocycles. The fourth-order valence-corrected chi connectivity index (χ4v) is 2.22. The molecule has 0 spiro atoms. The molecule has 20 heavy (non-hydrogen) atoms. The van der Waals surface area contributed by atoms with Crippen molar-refractivity contribution < 1.29 is 9.53 Å². The molecule has 1 fully saturated rings. The maximum absolute atomic E-state index is 12.1. The number of carbonyl (C=O) groups excluding carboxylic acids is 1. The van der Waals surface area contributed by atoms with E-state index in [1.165, 1.54) is 0 Å². The third kappa shape index (κ3) is 4.08. The Bertz CT molecular complexity index is 444. The van der Waals surface area contributed by atoms with Crippen LogP contribution in [-0.4, -0.2) is 45.7 Å². The lowest BCUT2D eigenvalue weighted by atomic mass is 10.2. The van der Waals surface area contributed by atoms with Crippen LogP contribution in [0.5, 0.6) is 0 Å². The molecule has 1 aliphatic rings. The number of hydrogen-bond acceptors (Lipinski definition) is 5. The molecule has 1 saturated heterocycles. The van der Waals surface area contributed by atoms with Crippen LogP contribution >= 0.6 is 0 Å². The highest BCUT2D eigenvalue weighted by atomic mass is 16.6. The Morgan fingerprint density at radius 3 is 2.95 bits per heavy atom. The first-order valence-corrected chi connectivity index (χ1v) is 6.95. The number of carbonyl (C=O) groups is 1. The summed E-state index contributed by atoms with van der Waals surface area (Å²) < 4.78 is 5.44. The fraction of sp³-hybridized carbons (Fsp3) is 0.643. The summed E-state index contributed by atoms with van der Waals surface area (Å²) >= 11 is 0. The van der Waals surface area contributed by atoms with E-state index in [9.17, 15) is 4.79 Å². The van der Waals surface area contributed by atoms with Crippen LogP contribution in [0.3, 0.4) is 0 Å². The summed E-state index contributed by atoms with van der Waals surface area (Å²) in [6, 6.07) is 0.145. The first kappa shape index (κ1) is 14.6. The first-order chi connectivity index (χ1) is 9.46. The summed E-state index contributed by atoms with van der Waals surface area (Å²) in [5, 5.41) is 3.21. The van der Waals surface area contributed by atoms with E-state index in [1.54, 1.807) is 23.5 Å². The van der Waals surface area contributed by atoms with Gasteiger partial charge in [-0.1, -0.05) is 0 Å². The molecule has 6 nitrogen and oxygen atoms in total. The van der Waals surface area contributed by atoms with Gasteiger partial charge in [0, 0.05) is 25.5 Å². The van der Waals surface area contributed by atoms with E-state index in [2.05, 4.69) is 15.3 Å². The van der Waals surface area contributed by atoms with E-state index in [1.807, 2.05) is 20.8 Å². The van der Waals surface area contributed by atoms with Crippen LogP contribution in [0.15, 0.2) is 18.6 Å². The molecule has 2 rings (SSSR count). The molecule has 6 heteroatoms. The summed E-state index contributed by atoms with van der Waals surface area (Å²) in [7, 11) is 0. The smallest absolute Gasteiger partial charge is 0.410 e. The number of hydrogen-bond donors (Lipinski definition) is 1. The zero-order valence-electron chi connectivity index (χ0n) is 12.3. The Kier molecular flexibility index (Phi) is 4.42. The molecule has 0 aliphatic carbocycles. The molecule has 0 aromatic carbocycles. The molecular weight excluding hydrogens is 256 g/mol. The molecule has 2 heterocycles. The summed E-state index contributed by atoms with van der Waals surface area (Å²) in [5.41, 5.74) is -0.456. The molecule has 1 N–H and O–H groups in total. The van der Waals surface area contributed by atoms with Gasteiger partial charge in [-0.25, -0.2) is 9.78 Å². The largest absolute Gasteiger partial charge is 0.444 e. The Labute approximate surface area is 119 Å². The first-order valence-electron chi connectivity index (χ1n) is 6.95. The van der Waals surface area contributed by atoms with Gasteiger partial charge in [-0.3, -0.25) is 4.98 Å². The lowest BCUT2D eigenvalue weighted by Gasteiger charge is -2.28. The topological polar surface area (TPSA) is 67.3 Å². The van der Waals surface area contributed by atoms with Gasteiger partial charge in [0.1, 0.15) is 11.4 Å². The zero-order valence-corrected chi connectivity index (χ0v) is 12.3. The van der Waals surface area contributed by atoms with Crippen LogP contribution in [0.25, 0.3) is 0 Å². The van der Waals surface area contributed by atoms with Crippen LogP contribution in [0.2, 0.25) is 0 Å². The van der Waals surface area contributed by atoms with Crippen LogP contribution in [0.1, 0.15) is 33.6 Å². The SMILES string of the molecule is CC(C)(C)OC(=O)N1CCC[C@H]1CNc1cnccn1. The minimum atomic E-state index is -0.456. The molecule has 110 valence electrons. The van der Waals surface area contributed by atoms with Gasteiger partial charge in [-0.2, -0.15) is 0 Å². The van der Waals surface area contributed by atoms with Gasteiger partial charge in [0.2, 0.25) is 0 Å². The van der Waals surface area contributed by atoms with E-state index in [0.717, 1.165) is 25.2 Å². The number of nitrogens with one attached hydrogen (secondary N) is 1. The van der Waals surface area contributed by atoms with Gasteiger partial charge in [0.05, 0.1) is 12.2 Å². The quantitative estimate of drug-likeness (QED) is 0.918. The van der Waals surface area contributed by atoms with Crippen molar-refractivity contribution in [1.82, 2.24) is 14.9 Å². The number of anilines is 1. The van der Waals surface area contributed by atoms with Crippen molar-refractivity contribution in [2.45, 2.75) is 45.3 Å².